The lowest BCUT2D eigenvalue weighted by atomic mass is 10.2. The highest BCUT2D eigenvalue weighted by Gasteiger charge is 2.11. The number of nitriles is 1. The third kappa shape index (κ3) is 4.87. The van der Waals surface area contributed by atoms with E-state index in [1.165, 1.54) is 12.1 Å². The molecule has 0 aliphatic heterocycles. The number of hydrogen-bond donors (Lipinski definition) is 3. The summed E-state index contributed by atoms with van der Waals surface area (Å²) in [4.78, 5) is 32.9. The summed E-state index contributed by atoms with van der Waals surface area (Å²) in [6, 6.07) is 7.38. The summed E-state index contributed by atoms with van der Waals surface area (Å²) in [6.45, 7) is 0. The highest BCUT2D eigenvalue weighted by Crippen LogP contribution is 2.12. The van der Waals surface area contributed by atoms with Crippen LogP contribution in [-0.2, 0) is 9.59 Å². The van der Waals surface area contributed by atoms with Crippen LogP contribution in [-0.4, -0.2) is 23.0 Å². The summed E-state index contributed by atoms with van der Waals surface area (Å²) < 4.78 is 0. The Labute approximate surface area is 108 Å². The number of nitrogens with one attached hydrogen (secondary N) is 2. The first-order valence-corrected chi connectivity index (χ1v) is 5.34. The van der Waals surface area contributed by atoms with E-state index in [2.05, 4.69) is 5.32 Å². The van der Waals surface area contributed by atoms with Gasteiger partial charge in [0, 0.05) is 6.42 Å². The monoisotopic (exact) mass is 261 g/mol. The standard InChI is InChI=1S/C12H11N3O4/c13-7-8-3-1-2-4-9(8)14-12(19)15-10(16)5-6-11(17)18/h1-4H,5-6H2,(H,17,18)(H2,14,15,16,19). The maximum absolute atomic E-state index is 11.4. The molecule has 0 aliphatic rings. The van der Waals surface area contributed by atoms with Crippen LogP contribution in [0.25, 0.3) is 0 Å². The van der Waals surface area contributed by atoms with Crippen molar-refractivity contribution in [2.24, 2.45) is 0 Å². The van der Waals surface area contributed by atoms with E-state index in [0.29, 0.717) is 0 Å². The van der Waals surface area contributed by atoms with Crippen LogP contribution in [0.5, 0.6) is 0 Å². The summed E-state index contributed by atoms with van der Waals surface area (Å²) in [6.07, 6.45) is -0.642. The molecular weight excluding hydrogens is 250 g/mol. The lowest BCUT2D eigenvalue weighted by Crippen LogP contribution is -2.34. The predicted molar refractivity (Wildman–Crippen MR) is 65.2 cm³/mol. The summed E-state index contributed by atoms with van der Waals surface area (Å²) in [5.41, 5.74) is 0.532. The van der Waals surface area contributed by atoms with Gasteiger partial charge in [-0.05, 0) is 12.1 Å². The summed E-state index contributed by atoms with van der Waals surface area (Å²) in [5, 5.41) is 21.5. The number of carbonyl (C=O) groups excluding carboxylic acids is 2. The smallest absolute Gasteiger partial charge is 0.325 e. The highest BCUT2D eigenvalue weighted by molar-refractivity contribution is 6.02. The Morgan fingerprint density at radius 3 is 2.53 bits per heavy atom. The number of carboxylic acid groups (broad SMARTS) is 1. The number of anilines is 1. The minimum atomic E-state index is -1.12. The molecule has 98 valence electrons. The predicted octanol–water partition coefficient (Wildman–Crippen LogP) is 1.07. The number of hydrogen-bond acceptors (Lipinski definition) is 4. The average molecular weight is 261 g/mol. The van der Waals surface area contributed by atoms with E-state index >= 15 is 0 Å². The van der Waals surface area contributed by atoms with Crippen LogP contribution in [0.3, 0.4) is 0 Å². The Bertz CT molecular complexity index is 548. The van der Waals surface area contributed by atoms with Gasteiger partial charge in [-0.15, -0.1) is 0 Å². The second kappa shape index (κ2) is 6.76. The second-order valence-electron chi connectivity index (χ2n) is 3.55. The largest absolute Gasteiger partial charge is 0.481 e. The molecule has 1 aromatic carbocycles. The molecule has 19 heavy (non-hydrogen) atoms. The van der Waals surface area contributed by atoms with Gasteiger partial charge in [-0.1, -0.05) is 12.1 Å². The van der Waals surface area contributed by atoms with Gasteiger partial charge in [0.15, 0.2) is 0 Å². The van der Waals surface area contributed by atoms with Gasteiger partial charge in [0.2, 0.25) is 5.91 Å². The number of amides is 3. The first kappa shape index (κ1) is 14.2. The molecule has 0 bridgehead atoms. The van der Waals surface area contributed by atoms with Gasteiger partial charge in [-0.25, -0.2) is 4.79 Å². The lowest BCUT2D eigenvalue weighted by molar-refractivity contribution is -0.138. The second-order valence-corrected chi connectivity index (χ2v) is 3.55. The minimum Gasteiger partial charge on any atom is -0.481 e. The minimum absolute atomic E-state index is 0.260. The summed E-state index contributed by atoms with van der Waals surface area (Å²) in [5.74, 6) is -1.82. The molecule has 7 nitrogen and oxygen atoms in total. The van der Waals surface area contributed by atoms with Gasteiger partial charge >= 0.3 is 12.0 Å². The number of nitrogens with zero attached hydrogens (tertiary/aromatic N) is 1. The number of para-hydroxylation sites is 1. The quantitative estimate of drug-likeness (QED) is 0.748. The number of carboxylic acids is 1. The highest BCUT2D eigenvalue weighted by atomic mass is 16.4. The molecular formula is C12H11N3O4. The van der Waals surface area contributed by atoms with Crippen LogP contribution >= 0.6 is 0 Å². The van der Waals surface area contributed by atoms with Gasteiger partial charge < -0.3 is 10.4 Å². The van der Waals surface area contributed by atoms with Crippen molar-refractivity contribution in [1.29, 1.82) is 5.26 Å². The molecule has 1 rings (SSSR count). The van der Waals surface area contributed by atoms with Gasteiger partial charge in [-0.2, -0.15) is 5.26 Å². The Morgan fingerprint density at radius 1 is 1.21 bits per heavy atom. The molecule has 0 saturated carbocycles. The van der Waals surface area contributed by atoms with E-state index in [1.54, 1.807) is 12.1 Å². The number of imide groups is 1. The molecule has 0 heterocycles. The van der Waals surface area contributed by atoms with E-state index < -0.39 is 17.9 Å². The Morgan fingerprint density at radius 2 is 1.89 bits per heavy atom. The van der Waals surface area contributed by atoms with E-state index in [4.69, 9.17) is 10.4 Å². The van der Waals surface area contributed by atoms with Crippen LogP contribution in [0.1, 0.15) is 18.4 Å². The van der Waals surface area contributed by atoms with E-state index in [-0.39, 0.29) is 24.1 Å². The number of rotatable bonds is 4. The van der Waals surface area contributed by atoms with E-state index in [9.17, 15) is 14.4 Å². The van der Waals surface area contributed by atoms with Gasteiger partial charge in [-0.3, -0.25) is 14.9 Å². The molecule has 0 atom stereocenters. The van der Waals surface area contributed by atoms with Crippen molar-refractivity contribution in [1.82, 2.24) is 5.32 Å². The van der Waals surface area contributed by atoms with Crippen molar-refractivity contribution in [3.63, 3.8) is 0 Å². The van der Waals surface area contributed by atoms with Gasteiger partial charge in [0.25, 0.3) is 0 Å². The maximum atomic E-state index is 11.4. The number of carbonyl (C=O) groups is 3. The molecule has 0 unspecified atom stereocenters. The molecule has 3 N–H and O–H groups in total. The molecule has 0 aromatic heterocycles. The molecule has 0 aliphatic carbocycles. The molecule has 1 aromatic rings. The van der Waals surface area contributed by atoms with Crippen molar-refractivity contribution in [2.45, 2.75) is 12.8 Å². The van der Waals surface area contributed by atoms with E-state index in [0.717, 1.165) is 0 Å². The first-order chi connectivity index (χ1) is 9.02. The molecule has 0 radical (unpaired) electrons. The van der Waals surface area contributed by atoms with Crippen LogP contribution < -0.4 is 10.6 Å². The Balaban J connectivity index is 2.54. The Hall–Kier alpha value is -2.88. The Kier molecular flexibility index (Phi) is 5.04. The average Bonchev–Trinajstić information content (AvgIpc) is 2.37. The van der Waals surface area contributed by atoms with Crippen molar-refractivity contribution < 1.29 is 19.5 Å². The zero-order valence-electron chi connectivity index (χ0n) is 9.84. The molecule has 7 heteroatoms. The number of aliphatic carboxylic acids is 1. The fourth-order valence-electron chi connectivity index (χ4n) is 1.25. The number of urea groups is 1. The summed E-state index contributed by atoms with van der Waals surface area (Å²) >= 11 is 0. The van der Waals surface area contributed by atoms with Crippen LogP contribution in [0.2, 0.25) is 0 Å². The lowest BCUT2D eigenvalue weighted by Gasteiger charge is -2.07. The van der Waals surface area contributed by atoms with Crippen molar-refractivity contribution in [3.8, 4) is 6.07 Å². The fraction of sp³-hybridized carbons (Fsp3) is 0.167. The molecule has 0 spiro atoms. The molecule has 0 fully saturated rings. The zero-order chi connectivity index (χ0) is 14.3. The zero-order valence-corrected chi connectivity index (χ0v) is 9.84. The third-order valence-electron chi connectivity index (χ3n) is 2.11. The SMILES string of the molecule is N#Cc1ccccc1NC(=O)NC(=O)CCC(=O)O. The van der Waals surface area contributed by atoms with E-state index in [1.807, 2.05) is 11.4 Å². The van der Waals surface area contributed by atoms with Crippen LogP contribution in [0.15, 0.2) is 24.3 Å². The van der Waals surface area contributed by atoms with Crippen LogP contribution in [0, 0.1) is 11.3 Å². The normalized spacial score (nSPS) is 9.21. The summed E-state index contributed by atoms with van der Waals surface area (Å²) in [7, 11) is 0. The third-order valence-corrected chi connectivity index (χ3v) is 2.11. The van der Waals surface area contributed by atoms with Gasteiger partial charge in [0.05, 0.1) is 17.7 Å². The van der Waals surface area contributed by atoms with Gasteiger partial charge in [0.1, 0.15) is 6.07 Å². The van der Waals surface area contributed by atoms with Crippen molar-refractivity contribution in [3.05, 3.63) is 29.8 Å². The fourth-order valence-corrected chi connectivity index (χ4v) is 1.25. The van der Waals surface area contributed by atoms with Crippen molar-refractivity contribution in [2.75, 3.05) is 5.32 Å². The van der Waals surface area contributed by atoms with Crippen molar-refractivity contribution >= 4 is 23.6 Å². The molecule has 3 amide bonds. The maximum Gasteiger partial charge on any atom is 0.325 e. The topological polar surface area (TPSA) is 119 Å². The first-order valence-electron chi connectivity index (χ1n) is 5.34. The van der Waals surface area contributed by atoms with Crippen LogP contribution in [0.4, 0.5) is 10.5 Å². The molecule has 0 saturated heterocycles. The number of benzene rings is 1.